The monoisotopic (exact) mass is 645 g/mol. The summed E-state index contributed by atoms with van der Waals surface area (Å²) in [5, 5.41) is -14.0. The molecule has 0 atom stereocenters. The molecular formula is C19H25F10N3O6S2. The van der Waals surface area contributed by atoms with Crippen molar-refractivity contribution in [3.63, 3.8) is 0 Å². The van der Waals surface area contributed by atoms with Gasteiger partial charge in [-0.3, -0.25) is 0 Å². The van der Waals surface area contributed by atoms with E-state index >= 15 is 0 Å². The second-order valence-electron chi connectivity index (χ2n) is 7.87. The highest BCUT2D eigenvalue weighted by atomic mass is 32.3. The molecule has 0 aliphatic heterocycles. The van der Waals surface area contributed by atoms with Gasteiger partial charge in [-0.1, -0.05) is 6.58 Å². The van der Waals surface area contributed by atoms with Crippen molar-refractivity contribution in [3.05, 3.63) is 35.0 Å². The standard InChI is InChI=1S/C15H25N2O2.C4F10NO4S2/c1-4-16-10-11-17(13-16)9-7-5-6-8-12-19-15(18)14(2)3;5-1(6,7)3(11,12)20(16,17)15-21(18,19)4(13,14)2(8,9)10/h10-11,13H,2,4-9,12H2,1,3H3;/q+1;-1. The molecule has 1 aromatic heterocycles. The summed E-state index contributed by atoms with van der Waals surface area (Å²) in [6, 6.07) is 0. The number of nitrogens with zero attached hydrogens (tertiary/aromatic N) is 3. The van der Waals surface area contributed by atoms with Crippen LogP contribution in [0.2, 0.25) is 0 Å². The average Bonchev–Trinajstić information content (AvgIpc) is 3.24. The van der Waals surface area contributed by atoms with Crippen molar-refractivity contribution >= 4 is 26.0 Å². The number of esters is 1. The van der Waals surface area contributed by atoms with Crippen LogP contribution in [0.25, 0.3) is 4.13 Å². The number of aryl methyl sites for hydroxylation is 2. The van der Waals surface area contributed by atoms with Gasteiger partial charge in [0.05, 0.1) is 19.7 Å². The third kappa shape index (κ3) is 10.2. The smallest absolute Gasteiger partial charge is 0.462 e. The van der Waals surface area contributed by atoms with Gasteiger partial charge in [0.15, 0.2) is 20.0 Å². The molecule has 0 aliphatic carbocycles. The number of hydrogen-bond acceptors (Lipinski definition) is 6. The van der Waals surface area contributed by atoms with Crippen molar-refractivity contribution in [2.75, 3.05) is 6.61 Å². The maximum Gasteiger partial charge on any atom is 0.467 e. The van der Waals surface area contributed by atoms with Crippen LogP contribution in [0.3, 0.4) is 0 Å². The van der Waals surface area contributed by atoms with Crippen molar-refractivity contribution in [2.24, 2.45) is 0 Å². The number of unbranched alkanes of at least 4 members (excludes halogenated alkanes) is 3. The number of aromatic nitrogens is 2. The molecule has 1 rings (SSSR count). The zero-order valence-corrected chi connectivity index (χ0v) is 22.4. The van der Waals surface area contributed by atoms with Gasteiger partial charge in [0.25, 0.3) is 0 Å². The second-order valence-corrected chi connectivity index (χ2v) is 11.4. The van der Waals surface area contributed by atoms with Crippen LogP contribution < -0.4 is 4.57 Å². The number of sulfonamides is 2. The largest absolute Gasteiger partial charge is 0.467 e. The molecule has 40 heavy (non-hydrogen) atoms. The maximum atomic E-state index is 12.3. The van der Waals surface area contributed by atoms with Crippen molar-refractivity contribution in [2.45, 2.75) is 75.5 Å². The lowest BCUT2D eigenvalue weighted by Crippen LogP contribution is -2.48. The van der Waals surface area contributed by atoms with Crippen LogP contribution in [0.5, 0.6) is 0 Å². The molecule has 21 heteroatoms. The number of alkyl halides is 10. The first-order valence-electron chi connectivity index (χ1n) is 10.8. The molecule has 9 nitrogen and oxygen atoms in total. The lowest BCUT2D eigenvalue weighted by Gasteiger charge is -2.31. The van der Waals surface area contributed by atoms with E-state index in [1.807, 2.05) is 0 Å². The zero-order chi connectivity index (χ0) is 31.8. The Balaban J connectivity index is 0.000000763. The van der Waals surface area contributed by atoms with Crippen molar-refractivity contribution in [1.82, 2.24) is 4.57 Å². The minimum atomic E-state index is -7.62. The van der Waals surface area contributed by atoms with Crippen LogP contribution in [-0.2, 0) is 42.7 Å². The number of hydrogen-bond donors (Lipinski definition) is 0. The molecule has 1 heterocycles. The quantitative estimate of drug-likeness (QED) is 0.100. The first-order chi connectivity index (χ1) is 17.8. The predicted octanol–water partition coefficient (Wildman–Crippen LogP) is 4.81. The Labute approximate surface area is 222 Å². The van der Waals surface area contributed by atoms with Gasteiger partial charge >= 0.3 is 28.8 Å². The lowest BCUT2D eigenvalue weighted by atomic mass is 10.2. The highest BCUT2D eigenvalue weighted by Crippen LogP contribution is 2.47. The molecular weight excluding hydrogens is 620 g/mol. The molecule has 0 N–H and O–H groups in total. The Hall–Kier alpha value is -2.42. The number of carbonyl (C=O) groups is 1. The van der Waals surface area contributed by atoms with Crippen LogP contribution in [-0.4, -0.2) is 56.8 Å². The van der Waals surface area contributed by atoms with Crippen molar-refractivity contribution in [1.29, 1.82) is 0 Å². The zero-order valence-electron chi connectivity index (χ0n) is 20.8. The Morgan fingerprint density at radius 3 is 1.70 bits per heavy atom. The highest BCUT2D eigenvalue weighted by molar-refractivity contribution is 8.13. The Morgan fingerprint density at radius 1 is 0.875 bits per heavy atom. The first-order valence-corrected chi connectivity index (χ1v) is 13.7. The van der Waals surface area contributed by atoms with Gasteiger partial charge < -0.3 is 8.86 Å². The van der Waals surface area contributed by atoms with Gasteiger partial charge in [0.1, 0.15) is 12.4 Å². The average molecular weight is 646 g/mol. The molecule has 1 aromatic rings. The summed E-state index contributed by atoms with van der Waals surface area (Å²) in [4.78, 5) is 11.1. The number of carbonyl (C=O) groups excluding carboxylic acids is 1. The fourth-order valence-corrected chi connectivity index (χ4v) is 4.68. The topological polar surface area (TPSA) is 117 Å². The summed E-state index contributed by atoms with van der Waals surface area (Å²) < 4.78 is 170. The van der Waals surface area contributed by atoms with E-state index in [1.54, 1.807) is 6.92 Å². The molecule has 0 saturated heterocycles. The van der Waals surface area contributed by atoms with E-state index in [1.165, 1.54) is 0 Å². The summed E-state index contributed by atoms with van der Waals surface area (Å²) in [6.45, 7) is 9.92. The molecule has 0 radical (unpaired) electrons. The van der Waals surface area contributed by atoms with E-state index in [0.29, 0.717) is 16.3 Å². The summed E-state index contributed by atoms with van der Waals surface area (Å²) in [6.07, 6.45) is -3.32. The molecule has 0 bridgehead atoms. The Kier molecular flexibility index (Phi) is 13.1. The summed E-state index contributed by atoms with van der Waals surface area (Å²) in [7, 11) is -15.2. The molecule has 0 aliphatic rings. The fourth-order valence-electron chi connectivity index (χ4n) is 2.31. The van der Waals surface area contributed by atoms with Gasteiger partial charge in [-0.25, -0.2) is 30.8 Å². The van der Waals surface area contributed by atoms with Crippen LogP contribution in [0.15, 0.2) is 30.9 Å². The summed E-state index contributed by atoms with van der Waals surface area (Å²) >= 11 is 0. The molecule has 0 amide bonds. The normalized spacial score (nSPS) is 13.4. The molecule has 234 valence electrons. The maximum absolute atomic E-state index is 12.3. The fraction of sp³-hybridized carbons (Fsp3) is 0.684. The third-order valence-electron chi connectivity index (χ3n) is 4.51. The van der Waals surface area contributed by atoms with Crippen LogP contribution >= 0.6 is 0 Å². The van der Waals surface area contributed by atoms with E-state index in [0.717, 1.165) is 38.8 Å². The predicted molar refractivity (Wildman–Crippen MR) is 118 cm³/mol. The van der Waals surface area contributed by atoms with Crippen LogP contribution in [0, 0.1) is 0 Å². The van der Waals surface area contributed by atoms with E-state index in [4.69, 9.17) is 4.74 Å². The van der Waals surface area contributed by atoms with E-state index in [9.17, 15) is 65.5 Å². The number of rotatable bonds is 13. The van der Waals surface area contributed by atoms with Crippen molar-refractivity contribution < 1.29 is 74.8 Å². The molecule has 0 unspecified atom stereocenters. The van der Waals surface area contributed by atoms with Crippen molar-refractivity contribution in [3.8, 4) is 0 Å². The highest BCUT2D eigenvalue weighted by Gasteiger charge is 2.68. The minimum absolute atomic E-state index is 0.281. The van der Waals surface area contributed by atoms with E-state index in [-0.39, 0.29) is 5.97 Å². The van der Waals surface area contributed by atoms with Gasteiger partial charge in [0, 0.05) is 5.57 Å². The van der Waals surface area contributed by atoms with Gasteiger partial charge in [-0.15, -0.1) is 0 Å². The van der Waals surface area contributed by atoms with Crippen LogP contribution in [0.4, 0.5) is 43.9 Å². The molecule has 0 saturated carbocycles. The Bertz CT molecular complexity index is 1160. The summed E-state index contributed by atoms with van der Waals surface area (Å²) in [5.74, 6) is -0.281. The summed E-state index contributed by atoms with van der Waals surface area (Å²) in [5.41, 5.74) is 0.469. The number of imidazole rings is 1. The number of halogens is 10. The van der Waals surface area contributed by atoms with Gasteiger partial charge in [-0.05, 0) is 39.5 Å². The molecule has 0 aromatic carbocycles. The number of ether oxygens (including phenoxy) is 1. The minimum Gasteiger partial charge on any atom is -0.462 e. The first kappa shape index (κ1) is 37.6. The van der Waals surface area contributed by atoms with Crippen LogP contribution in [0.1, 0.15) is 39.5 Å². The Morgan fingerprint density at radius 2 is 1.32 bits per heavy atom. The molecule has 0 spiro atoms. The van der Waals surface area contributed by atoms with Gasteiger partial charge in [-0.2, -0.15) is 43.9 Å². The third-order valence-corrected chi connectivity index (χ3v) is 7.84. The van der Waals surface area contributed by atoms with Gasteiger partial charge in [0.2, 0.25) is 6.33 Å². The lowest BCUT2D eigenvalue weighted by molar-refractivity contribution is -0.696. The second kappa shape index (κ2) is 14.0. The van der Waals surface area contributed by atoms with E-state index in [2.05, 4.69) is 41.4 Å². The SMILES string of the molecule is C=C(C)C(=O)OCCCCCC[n+]1ccn(CC)c1.O=S(=O)([N-]S(=O)(=O)C(F)(F)C(F)(F)F)C(F)(F)C(F)(F)F. The molecule has 0 fully saturated rings. The van der Waals surface area contributed by atoms with E-state index < -0.39 is 42.9 Å².